The molecule has 11 nitrogen and oxygen atoms in total. The molecule has 0 aliphatic heterocycles. The molecule has 0 fully saturated rings. The fraction of sp³-hybridized carbons (Fsp3) is 0. The zero-order chi connectivity index (χ0) is 45.9. The van der Waals surface area contributed by atoms with Crippen LogP contribution in [0.4, 0.5) is 0 Å². The van der Waals surface area contributed by atoms with Crippen molar-refractivity contribution >= 4 is 69.0 Å². The second-order valence-corrected chi connectivity index (χ2v) is 16.4. The van der Waals surface area contributed by atoms with Gasteiger partial charge >= 0.3 is 14.2 Å². The lowest BCUT2D eigenvalue weighted by Crippen LogP contribution is -2.29. The van der Waals surface area contributed by atoms with Crippen molar-refractivity contribution in [2.75, 3.05) is 0 Å². The standard InChI is InChI=1S/C55H35B2N5O6/c63-56(64)43-26-12-23-39-38-22-11-25-41(48(38)67-49(39)43)54-58-45(32-14-4-1-5-15-32)31-46(59-54)36-21-10-20-35(30-36)37-28-29-42(51-47(37)40-24-13-27-44(57(65)66)50(40)68-51)55-61-52(33-16-6-2-7-17-33)60-53(62-55)34-18-8-3-9-19-34/h1-31,63-66H. The van der Waals surface area contributed by atoms with Crippen LogP contribution in [-0.4, -0.2) is 59.3 Å². The molecule has 0 radical (unpaired) electrons. The van der Waals surface area contributed by atoms with E-state index in [-0.39, 0.29) is 10.9 Å². The number of hydrogen-bond acceptors (Lipinski definition) is 11. The van der Waals surface area contributed by atoms with Gasteiger partial charge < -0.3 is 28.9 Å². The highest BCUT2D eigenvalue weighted by Gasteiger charge is 2.26. The van der Waals surface area contributed by atoms with Gasteiger partial charge in [-0.05, 0) is 35.4 Å². The van der Waals surface area contributed by atoms with Crippen molar-refractivity contribution in [1.29, 1.82) is 0 Å². The van der Waals surface area contributed by atoms with E-state index in [1.54, 1.807) is 24.3 Å². The molecule has 0 amide bonds. The van der Waals surface area contributed by atoms with Crippen molar-refractivity contribution in [2.24, 2.45) is 0 Å². The largest absolute Gasteiger partial charge is 0.492 e. The minimum absolute atomic E-state index is 0.222. The number of para-hydroxylation sites is 3. The van der Waals surface area contributed by atoms with E-state index < -0.39 is 14.2 Å². The first-order valence-corrected chi connectivity index (χ1v) is 21.9. The summed E-state index contributed by atoms with van der Waals surface area (Å²) < 4.78 is 13.2. The molecule has 322 valence electrons. The fourth-order valence-corrected chi connectivity index (χ4v) is 9.01. The highest BCUT2D eigenvalue weighted by Crippen LogP contribution is 2.43. The van der Waals surface area contributed by atoms with E-state index in [4.69, 9.17) is 33.8 Å². The number of nitrogens with zero attached hydrogens (tertiary/aromatic N) is 5. The van der Waals surface area contributed by atoms with Gasteiger partial charge in [-0.3, -0.25) is 0 Å². The molecule has 12 aromatic rings. The zero-order valence-electron chi connectivity index (χ0n) is 35.9. The molecule has 8 aromatic carbocycles. The summed E-state index contributed by atoms with van der Waals surface area (Å²) in [6.45, 7) is 0. The molecule has 0 aliphatic rings. The van der Waals surface area contributed by atoms with Gasteiger partial charge in [0.25, 0.3) is 0 Å². The van der Waals surface area contributed by atoms with E-state index in [1.807, 2.05) is 158 Å². The molecule has 12 rings (SSSR count). The van der Waals surface area contributed by atoms with Crippen LogP contribution in [-0.2, 0) is 0 Å². The Kier molecular flexibility index (Phi) is 10.0. The summed E-state index contributed by atoms with van der Waals surface area (Å²) in [6.07, 6.45) is 0. The Hall–Kier alpha value is -8.58. The molecule has 68 heavy (non-hydrogen) atoms. The van der Waals surface area contributed by atoms with Crippen molar-refractivity contribution in [3.8, 4) is 79.2 Å². The smallest absolute Gasteiger partial charge is 0.456 e. The number of rotatable bonds is 9. The number of benzene rings is 8. The van der Waals surface area contributed by atoms with Crippen LogP contribution in [0.5, 0.6) is 0 Å². The number of aromatic nitrogens is 5. The molecule has 0 saturated carbocycles. The lowest BCUT2D eigenvalue weighted by molar-refractivity contribution is 0.424. The van der Waals surface area contributed by atoms with E-state index in [9.17, 15) is 20.1 Å². The highest BCUT2D eigenvalue weighted by molar-refractivity contribution is 6.62. The number of hydrogen-bond donors (Lipinski definition) is 4. The summed E-state index contributed by atoms with van der Waals surface area (Å²) in [5, 5.41) is 44.5. The van der Waals surface area contributed by atoms with Crippen molar-refractivity contribution in [1.82, 2.24) is 24.9 Å². The Morgan fingerprint density at radius 3 is 1.38 bits per heavy atom. The van der Waals surface area contributed by atoms with Crippen LogP contribution >= 0.6 is 0 Å². The fourth-order valence-electron chi connectivity index (χ4n) is 9.01. The summed E-state index contributed by atoms with van der Waals surface area (Å²) in [4.78, 5) is 25.2. The zero-order valence-corrected chi connectivity index (χ0v) is 35.9. The predicted octanol–water partition coefficient (Wildman–Crippen LogP) is 9.49. The van der Waals surface area contributed by atoms with Gasteiger partial charge in [-0.25, -0.2) is 24.9 Å². The van der Waals surface area contributed by atoms with Crippen molar-refractivity contribution in [3.05, 3.63) is 188 Å². The predicted molar refractivity (Wildman–Crippen MR) is 268 cm³/mol. The van der Waals surface area contributed by atoms with E-state index in [2.05, 4.69) is 6.07 Å². The molecular formula is C55H35B2N5O6. The molecule has 0 bridgehead atoms. The Balaban J connectivity index is 1.05. The first-order valence-electron chi connectivity index (χ1n) is 21.9. The van der Waals surface area contributed by atoms with Gasteiger partial charge in [-0.15, -0.1) is 0 Å². The average Bonchev–Trinajstić information content (AvgIpc) is 3.98. The number of furan rings is 2. The van der Waals surface area contributed by atoms with E-state index >= 15 is 0 Å². The van der Waals surface area contributed by atoms with Crippen molar-refractivity contribution < 1.29 is 28.9 Å². The van der Waals surface area contributed by atoms with Crippen LogP contribution in [0.2, 0.25) is 0 Å². The first-order chi connectivity index (χ1) is 33.4. The lowest BCUT2D eigenvalue weighted by atomic mass is 9.79. The molecule has 0 atom stereocenters. The molecule has 13 heteroatoms. The summed E-state index contributed by atoms with van der Waals surface area (Å²) in [5.74, 6) is 1.79. The summed E-state index contributed by atoms with van der Waals surface area (Å²) in [7, 11) is -3.51. The molecule has 0 spiro atoms. The summed E-state index contributed by atoms with van der Waals surface area (Å²) in [5.41, 5.74) is 9.77. The minimum Gasteiger partial charge on any atom is -0.456 e. The Morgan fingerprint density at radius 1 is 0.309 bits per heavy atom. The number of fused-ring (bicyclic) bond motifs is 6. The van der Waals surface area contributed by atoms with E-state index in [1.165, 1.54) is 0 Å². The van der Waals surface area contributed by atoms with Crippen LogP contribution in [0.3, 0.4) is 0 Å². The minimum atomic E-state index is -1.79. The van der Waals surface area contributed by atoms with Gasteiger partial charge in [0, 0.05) is 54.7 Å². The molecular weight excluding hydrogens is 848 g/mol. The third-order valence-electron chi connectivity index (χ3n) is 12.2. The Labute approximate surface area is 388 Å². The maximum absolute atomic E-state index is 10.6. The first kappa shape index (κ1) is 40.9. The van der Waals surface area contributed by atoms with Crippen molar-refractivity contribution in [2.45, 2.75) is 0 Å². The molecule has 4 aromatic heterocycles. The van der Waals surface area contributed by atoms with E-state index in [0.29, 0.717) is 73.5 Å². The second-order valence-electron chi connectivity index (χ2n) is 16.4. The quantitative estimate of drug-likeness (QED) is 0.102. The monoisotopic (exact) mass is 883 g/mol. The van der Waals surface area contributed by atoms with Crippen LogP contribution in [0.25, 0.3) is 123 Å². The van der Waals surface area contributed by atoms with Gasteiger partial charge in [0.15, 0.2) is 23.3 Å². The van der Waals surface area contributed by atoms with Gasteiger partial charge in [0.2, 0.25) is 0 Å². The Morgan fingerprint density at radius 2 is 0.750 bits per heavy atom. The lowest BCUT2D eigenvalue weighted by Gasteiger charge is -2.12. The van der Waals surface area contributed by atoms with Gasteiger partial charge in [0.1, 0.15) is 22.3 Å². The van der Waals surface area contributed by atoms with E-state index in [0.717, 1.165) is 49.5 Å². The Bertz CT molecular complexity index is 3830. The third kappa shape index (κ3) is 7.10. The normalized spacial score (nSPS) is 11.5. The summed E-state index contributed by atoms with van der Waals surface area (Å²) in [6, 6.07) is 59.7. The molecule has 4 N–H and O–H groups in total. The van der Waals surface area contributed by atoms with Crippen LogP contribution in [0, 0.1) is 0 Å². The average molecular weight is 884 g/mol. The molecule has 4 heterocycles. The van der Waals surface area contributed by atoms with Crippen LogP contribution < -0.4 is 10.9 Å². The van der Waals surface area contributed by atoms with Gasteiger partial charge in [-0.2, -0.15) is 0 Å². The second kappa shape index (κ2) is 16.7. The maximum Gasteiger partial charge on any atom is 0.492 e. The molecule has 0 saturated heterocycles. The topological polar surface area (TPSA) is 172 Å². The van der Waals surface area contributed by atoms with Gasteiger partial charge in [0.05, 0.1) is 22.5 Å². The molecule has 0 unspecified atom stereocenters. The SMILES string of the molecule is OB(O)c1cccc2c1oc1c(-c3nc(-c4ccccc4)cc(-c4cccc(-c5ccc(-c6nc(-c7ccccc7)nc(-c7ccccc7)n6)c6oc7c(B(O)O)cccc7c56)c4)n3)cccc12. The maximum atomic E-state index is 10.6. The third-order valence-corrected chi connectivity index (χ3v) is 12.2. The van der Waals surface area contributed by atoms with Crippen molar-refractivity contribution in [3.63, 3.8) is 0 Å². The van der Waals surface area contributed by atoms with Crippen LogP contribution in [0.15, 0.2) is 197 Å². The van der Waals surface area contributed by atoms with Gasteiger partial charge in [-0.1, -0.05) is 164 Å². The summed E-state index contributed by atoms with van der Waals surface area (Å²) >= 11 is 0. The van der Waals surface area contributed by atoms with Crippen LogP contribution in [0.1, 0.15) is 0 Å². The highest BCUT2D eigenvalue weighted by atomic mass is 16.4. The molecule has 0 aliphatic carbocycles.